The summed E-state index contributed by atoms with van der Waals surface area (Å²) >= 11 is 0. The quantitative estimate of drug-likeness (QED) is 0.464. The standard InChI is InChI=1S/C10H10N6O2S/c1-8(13-15-11)10(14-16-12)7-19(17,18)9-5-3-2-4-6-9/h2-6H,7H2,1H3/b10-8-. The first kappa shape index (κ1) is 14.6. The van der Waals surface area contributed by atoms with Crippen LogP contribution in [0.1, 0.15) is 6.92 Å². The molecule has 0 amide bonds. The van der Waals surface area contributed by atoms with Crippen molar-refractivity contribution in [2.24, 2.45) is 10.2 Å². The van der Waals surface area contributed by atoms with Gasteiger partial charge in [0.25, 0.3) is 0 Å². The van der Waals surface area contributed by atoms with Gasteiger partial charge in [0.2, 0.25) is 0 Å². The minimum atomic E-state index is -3.65. The molecule has 0 aliphatic rings. The van der Waals surface area contributed by atoms with E-state index >= 15 is 0 Å². The van der Waals surface area contributed by atoms with E-state index in [-0.39, 0.29) is 16.3 Å². The van der Waals surface area contributed by atoms with Crippen LogP contribution in [0.4, 0.5) is 0 Å². The molecular formula is C10H10N6O2S. The van der Waals surface area contributed by atoms with Crippen molar-refractivity contribution in [2.75, 3.05) is 5.75 Å². The molecule has 0 bridgehead atoms. The Morgan fingerprint density at radius 3 is 2.26 bits per heavy atom. The normalized spacial score (nSPS) is 11.8. The van der Waals surface area contributed by atoms with E-state index in [4.69, 9.17) is 11.1 Å². The van der Waals surface area contributed by atoms with Crippen LogP contribution in [0.2, 0.25) is 0 Å². The highest BCUT2D eigenvalue weighted by Crippen LogP contribution is 2.17. The van der Waals surface area contributed by atoms with E-state index < -0.39 is 15.6 Å². The minimum absolute atomic E-state index is 0.0276. The van der Waals surface area contributed by atoms with Crippen molar-refractivity contribution < 1.29 is 8.42 Å². The Labute approximate surface area is 109 Å². The molecule has 0 saturated heterocycles. The zero-order valence-electron chi connectivity index (χ0n) is 10.0. The maximum Gasteiger partial charge on any atom is 0.182 e. The molecule has 0 aliphatic carbocycles. The van der Waals surface area contributed by atoms with Crippen molar-refractivity contribution in [2.45, 2.75) is 11.8 Å². The lowest BCUT2D eigenvalue weighted by molar-refractivity contribution is 0.597. The lowest BCUT2D eigenvalue weighted by atomic mass is 10.4. The molecule has 0 fully saturated rings. The van der Waals surface area contributed by atoms with E-state index in [0.717, 1.165) is 0 Å². The number of rotatable bonds is 5. The number of azide groups is 2. The van der Waals surface area contributed by atoms with Crippen LogP contribution < -0.4 is 0 Å². The fourth-order valence-electron chi connectivity index (χ4n) is 1.28. The molecule has 0 aliphatic heterocycles. The summed E-state index contributed by atoms with van der Waals surface area (Å²) in [6.45, 7) is 1.38. The highest BCUT2D eigenvalue weighted by atomic mass is 32.2. The first-order chi connectivity index (χ1) is 9.01. The smallest absolute Gasteiger partial charge is 0.182 e. The van der Waals surface area contributed by atoms with Crippen LogP contribution in [-0.2, 0) is 9.84 Å². The highest BCUT2D eigenvalue weighted by molar-refractivity contribution is 7.91. The van der Waals surface area contributed by atoms with E-state index in [1.54, 1.807) is 18.2 Å². The summed E-state index contributed by atoms with van der Waals surface area (Å²) in [5.74, 6) is -0.522. The Hall–Kier alpha value is -2.47. The van der Waals surface area contributed by atoms with Gasteiger partial charge < -0.3 is 0 Å². The molecule has 0 aromatic heterocycles. The molecule has 98 valence electrons. The van der Waals surface area contributed by atoms with Crippen LogP contribution in [0.3, 0.4) is 0 Å². The van der Waals surface area contributed by atoms with Gasteiger partial charge in [-0.25, -0.2) is 8.42 Å². The second kappa shape index (κ2) is 6.46. The third kappa shape index (κ3) is 4.04. The highest BCUT2D eigenvalue weighted by Gasteiger charge is 2.17. The zero-order valence-corrected chi connectivity index (χ0v) is 10.8. The molecule has 0 saturated carbocycles. The Morgan fingerprint density at radius 1 is 1.16 bits per heavy atom. The van der Waals surface area contributed by atoms with Crippen molar-refractivity contribution in [1.29, 1.82) is 0 Å². The number of allylic oxidation sites excluding steroid dienone is 1. The lowest BCUT2D eigenvalue weighted by Gasteiger charge is -2.05. The van der Waals surface area contributed by atoms with E-state index in [2.05, 4.69) is 20.1 Å². The molecule has 0 heterocycles. The van der Waals surface area contributed by atoms with Crippen LogP contribution in [0.15, 0.2) is 56.8 Å². The number of benzene rings is 1. The average molecular weight is 278 g/mol. The molecule has 0 radical (unpaired) electrons. The van der Waals surface area contributed by atoms with Gasteiger partial charge in [-0.3, -0.25) is 0 Å². The van der Waals surface area contributed by atoms with Crippen LogP contribution in [0.5, 0.6) is 0 Å². The van der Waals surface area contributed by atoms with E-state index in [1.165, 1.54) is 19.1 Å². The SMILES string of the molecule is C/C(N=[N+]=[N-])=C(\CS(=O)(=O)c1ccccc1)N=[N+]=[N-]. The summed E-state index contributed by atoms with van der Waals surface area (Å²) in [5, 5.41) is 6.52. The summed E-state index contributed by atoms with van der Waals surface area (Å²) in [7, 11) is -3.65. The molecule has 8 nitrogen and oxygen atoms in total. The maximum absolute atomic E-state index is 12.1. The summed E-state index contributed by atoms with van der Waals surface area (Å²) < 4.78 is 24.1. The second-order valence-electron chi connectivity index (χ2n) is 3.48. The Bertz CT molecular complexity index is 682. The summed E-state index contributed by atoms with van der Waals surface area (Å²) in [4.78, 5) is 5.17. The third-order valence-corrected chi connectivity index (χ3v) is 3.85. The largest absolute Gasteiger partial charge is 0.223 e. The molecule has 0 unspecified atom stereocenters. The van der Waals surface area contributed by atoms with Gasteiger partial charge in [0.05, 0.1) is 10.6 Å². The van der Waals surface area contributed by atoms with Gasteiger partial charge >= 0.3 is 0 Å². The van der Waals surface area contributed by atoms with E-state index in [9.17, 15) is 8.42 Å². The van der Waals surface area contributed by atoms with Crippen LogP contribution in [0, 0.1) is 0 Å². The average Bonchev–Trinajstić information content (AvgIpc) is 2.39. The fourth-order valence-corrected chi connectivity index (χ4v) is 2.64. The first-order valence-corrected chi connectivity index (χ1v) is 6.74. The topological polar surface area (TPSA) is 132 Å². The molecule has 1 aromatic rings. The number of hydrogen-bond donors (Lipinski definition) is 0. The predicted molar refractivity (Wildman–Crippen MR) is 69.5 cm³/mol. The minimum Gasteiger partial charge on any atom is -0.223 e. The van der Waals surface area contributed by atoms with E-state index in [1.807, 2.05) is 0 Å². The zero-order chi connectivity index (χ0) is 14.3. The predicted octanol–water partition coefficient (Wildman–Crippen LogP) is 3.31. The summed E-state index contributed by atoms with van der Waals surface area (Å²) in [5.41, 5.74) is 16.6. The molecule has 1 rings (SSSR count). The van der Waals surface area contributed by atoms with Crippen molar-refractivity contribution in [1.82, 2.24) is 0 Å². The van der Waals surface area contributed by atoms with Gasteiger partial charge in [-0.05, 0) is 30.1 Å². The summed E-state index contributed by atoms with van der Waals surface area (Å²) in [6.07, 6.45) is 0. The Balaban J connectivity index is 3.22. The van der Waals surface area contributed by atoms with Gasteiger partial charge in [-0.2, -0.15) is 0 Å². The third-order valence-electron chi connectivity index (χ3n) is 2.21. The Morgan fingerprint density at radius 2 is 1.74 bits per heavy atom. The molecule has 19 heavy (non-hydrogen) atoms. The van der Waals surface area contributed by atoms with Gasteiger partial charge in [-0.1, -0.05) is 28.4 Å². The van der Waals surface area contributed by atoms with E-state index in [0.29, 0.717) is 0 Å². The first-order valence-electron chi connectivity index (χ1n) is 5.09. The monoisotopic (exact) mass is 278 g/mol. The van der Waals surface area contributed by atoms with Crippen LogP contribution in [0.25, 0.3) is 20.9 Å². The van der Waals surface area contributed by atoms with Crippen LogP contribution in [-0.4, -0.2) is 14.2 Å². The molecule has 0 spiro atoms. The van der Waals surface area contributed by atoms with Gasteiger partial charge in [0, 0.05) is 21.2 Å². The van der Waals surface area contributed by atoms with Gasteiger partial charge in [0.1, 0.15) is 0 Å². The Kier molecular flexibility index (Phi) is 4.96. The second-order valence-corrected chi connectivity index (χ2v) is 5.47. The van der Waals surface area contributed by atoms with Crippen molar-refractivity contribution in [3.63, 3.8) is 0 Å². The number of hydrogen-bond acceptors (Lipinski definition) is 4. The molecule has 9 heteroatoms. The molecule has 0 atom stereocenters. The van der Waals surface area contributed by atoms with Gasteiger partial charge in [-0.15, -0.1) is 0 Å². The van der Waals surface area contributed by atoms with Crippen molar-refractivity contribution in [3.8, 4) is 0 Å². The summed E-state index contributed by atoms with van der Waals surface area (Å²) in [6, 6.07) is 7.74. The van der Waals surface area contributed by atoms with Crippen molar-refractivity contribution >= 4 is 9.84 Å². The fraction of sp³-hybridized carbons (Fsp3) is 0.200. The van der Waals surface area contributed by atoms with Gasteiger partial charge in [0.15, 0.2) is 9.84 Å². The van der Waals surface area contributed by atoms with Crippen LogP contribution >= 0.6 is 0 Å². The molecular weight excluding hydrogens is 268 g/mol. The number of sulfone groups is 1. The maximum atomic E-state index is 12.1. The molecule has 1 aromatic carbocycles. The van der Waals surface area contributed by atoms with Crippen molar-refractivity contribution in [3.05, 3.63) is 62.6 Å². The molecule has 0 N–H and O–H groups in total. The lowest BCUT2D eigenvalue weighted by Crippen LogP contribution is -2.08. The number of nitrogens with zero attached hydrogens (tertiary/aromatic N) is 6.